The Hall–Kier alpha value is -0.940. The fourth-order valence-corrected chi connectivity index (χ4v) is 2.04. The first-order valence-electron chi connectivity index (χ1n) is 4.83. The van der Waals surface area contributed by atoms with Crippen molar-refractivity contribution in [2.45, 2.75) is 6.42 Å². The summed E-state index contributed by atoms with van der Waals surface area (Å²) < 4.78 is 0.740. The molecular formula is C10H12BrN3O. The minimum atomic E-state index is 0.107. The second-order valence-electron chi connectivity index (χ2n) is 3.63. The van der Waals surface area contributed by atoms with Gasteiger partial charge < -0.3 is 5.73 Å². The van der Waals surface area contributed by atoms with Crippen LogP contribution in [0.5, 0.6) is 0 Å². The minimum Gasteiger partial charge on any atom is -0.330 e. The molecule has 0 bridgehead atoms. The summed E-state index contributed by atoms with van der Waals surface area (Å²) in [4.78, 5) is 17.6. The number of nitrogens with two attached hydrogens (primary N) is 1. The Bertz CT molecular complexity index is 383. The molecule has 0 aliphatic carbocycles. The van der Waals surface area contributed by atoms with E-state index in [2.05, 4.69) is 20.9 Å². The van der Waals surface area contributed by atoms with Gasteiger partial charge in [-0.25, -0.2) is 4.98 Å². The normalized spacial score (nSPS) is 21.1. The van der Waals surface area contributed by atoms with E-state index in [0.29, 0.717) is 25.3 Å². The maximum atomic E-state index is 11.7. The molecule has 2 heterocycles. The van der Waals surface area contributed by atoms with Crippen LogP contribution in [0.2, 0.25) is 0 Å². The summed E-state index contributed by atoms with van der Waals surface area (Å²) in [6.07, 6.45) is 0.532. The summed E-state index contributed by atoms with van der Waals surface area (Å²) in [5, 5.41) is 0. The number of anilines is 1. The number of rotatable bonds is 2. The minimum absolute atomic E-state index is 0.107. The molecule has 1 saturated heterocycles. The zero-order chi connectivity index (χ0) is 10.8. The molecule has 1 amide bonds. The first kappa shape index (κ1) is 10.6. The Morgan fingerprint density at radius 1 is 1.60 bits per heavy atom. The van der Waals surface area contributed by atoms with Gasteiger partial charge in [0.15, 0.2) is 0 Å². The molecular weight excluding hydrogens is 258 g/mol. The monoisotopic (exact) mass is 269 g/mol. The van der Waals surface area contributed by atoms with Gasteiger partial charge in [0.05, 0.1) is 0 Å². The molecule has 1 unspecified atom stereocenters. The van der Waals surface area contributed by atoms with Crippen LogP contribution in [0.1, 0.15) is 6.42 Å². The summed E-state index contributed by atoms with van der Waals surface area (Å²) >= 11 is 3.29. The van der Waals surface area contributed by atoms with Crippen LogP contribution in [0, 0.1) is 5.92 Å². The van der Waals surface area contributed by atoms with Crippen LogP contribution in [0.3, 0.4) is 0 Å². The van der Waals surface area contributed by atoms with Crippen LogP contribution in [0.4, 0.5) is 5.82 Å². The van der Waals surface area contributed by atoms with Gasteiger partial charge in [-0.3, -0.25) is 9.69 Å². The van der Waals surface area contributed by atoms with E-state index in [9.17, 15) is 4.79 Å². The fourth-order valence-electron chi connectivity index (χ4n) is 1.71. The third-order valence-corrected chi connectivity index (χ3v) is 2.96. The number of nitrogens with zero attached hydrogens (tertiary/aromatic N) is 2. The summed E-state index contributed by atoms with van der Waals surface area (Å²) in [6.45, 7) is 1.23. The van der Waals surface area contributed by atoms with Crippen LogP contribution in [0.15, 0.2) is 22.8 Å². The van der Waals surface area contributed by atoms with Crippen molar-refractivity contribution in [1.82, 2.24) is 4.98 Å². The topological polar surface area (TPSA) is 59.2 Å². The van der Waals surface area contributed by atoms with Gasteiger partial charge in [0.1, 0.15) is 10.4 Å². The van der Waals surface area contributed by atoms with Crippen molar-refractivity contribution in [1.29, 1.82) is 0 Å². The molecule has 0 spiro atoms. The highest BCUT2D eigenvalue weighted by Gasteiger charge is 2.30. The Morgan fingerprint density at radius 2 is 2.40 bits per heavy atom. The molecule has 15 heavy (non-hydrogen) atoms. The maximum Gasteiger partial charge on any atom is 0.228 e. The van der Waals surface area contributed by atoms with E-state index in [1.807, 2.05) is 18.2 Å². The van der Waals surface area contributed by atoms with Gasteiger partial charge in [-0.2, -0.15) is 0 Å². The highest BCUT2D eigenvalue weighted by molar-refractivity contribution is 9.10. The predicted molar refractivity (Wildman–Crippen MR) is 61.5 cm³/mol. The summed E-state index contributed by atoms with van der Waals surface area (Å²) in [6, 6.07) is 5.54. The number of amides is 1. The van der Waals surface area contributed by atoms with Gasteiger partial charge in [0.2, 0.25) is 5.91 Å². The van der Waals surface area contributed by atoms with Crippen molar-refractivity contribution in [3.63, 3.8) is 0 Å². The van der Waals surface area contributed by atoms with E-state index in [-0.39, 0.29) is 11.8 Å². The highest BCUT2D eigenvalue weighted by atomic mass is 79.9. The molecule has 0 radical (unpaired) electrons. The number of aromatic nitrogens is 1. The zero-order valence-corrected chi connectivity index (χ0v) is 9.77. The molecule has 1 aromatic heterocycles. The Labute approximate surface area is 96.6 Å². The molecule has 0 saturated carbocycles. The lowest BCUT2D eigenvalue weighted by Crippen LogP contribution is -2.26. The molecule has 80 valence electrons. The van der Waals surface area contributed by atoms with E-state index in [4.69, 9.17) is 5.73 Å². The van der Waals surface area contributed by atoms with E-state index in [1.165, 1.54) is 0 Å². The second-order valence-corrected chi connectivity index (χ2v) is 4.44. The third-order valence-electron chi connectivity index (χ3n) is 2.52. The van der Waals surface area contributed by atoms with Gasteiger partial charge in [-0.15, -0.1) is 0 Å². The van der Waals surface area contributed by atoms with E-state index in [1.54, 1.807) is 4.90 Å². The molecule has 0 aromatic carbocycles. The molecule has 1 aliphatic heterocycles. The molecule has 1 atom stereocenters. The standard InChI is InChI=1S/C10H12BrN3O/c11-8-2-1-3-9(13-8)14-6-7(5-12)4-10(14)15/h1-3,7H,4-6,12H2. The van der Waals surface area contributed by atoms with Crippen molar-refractivity contribution in [3.05, 3.63) is 22.8 Å². The molecule has 1 aliphatic rings. The van der Waals surface area contributed by atoms with Gasteiger partial charge in [-0.05, 0) is 40.5 Å². The number of pyridine rings is 1. The van der Waals surface area contributed by atoms with Crippen molar-refractivity contribution in [2.75, 3.05) is 18.0 Å². The molecule has 5 heteroatoms. The summed E-state index contributed by atoms with van der Waals surface area (Å²) in [7, 11) is 0. The third kappa shape index (κ3) is 2.18. The lowest BCUT2D eigenvalue weighted by atomic mass is 10.1. The number of hydrogen-bond donors (Lipinski definition) is 1. The zero-order valence-electron chi connectivity index (χ0n) is 8.19. The van der Waals surface area contributed by atoms with Crippen LogP contribution in [-0.2, 0) is 4.79 Å². The van der Waals surface area contributed by atoms with E-state index in [0.717, 1.165) is 4.60 Å². The second kappa shape index (κ2) is 4.28. The number of hydrogen-bond acceptors (Lipinski definition) is 3. The lowest BCUT2D eigenvalue weighted by Gasteiger charge is -2.15. The number of halogens is 1. The number of carbonyl (C=O) groups is 1. The highest BCUT2D eigenvalue weighted by Crippen LogP contribution is 2.23. The molecule has 1 fully saturated rings. The van der Waals surface area contributed by atoms with E-state index < -0.39 is 0 Å². The first-order chi connectivity index (χ1) is 7.20. The number of carbonyl (C=O) groups excluding carboxylic acids is 1. The SMILES string of the molecule is NCC1CC(=O)N(c2cccc(Br)n2)C1. The largest absolute Gasteiger partial charge is 0.330 e. The van der Waals surface area contributed by atoms with Crippen LogP contribution < -0.4 is 10.6 Å². The average molecular weight is 270 g/mol. The predicted octanol–water partition coefficient (Wildman–Crippen LogP) is 1.16. The average Bonchev–Trinajstić information content (AvgIpc) is 2.60. The van der Waals surface area contributed by atoms with Gasteiger partial charge in [-0.1, -0.05) is 6.07 Å². The quantitative estimate of drug-likeness (QED) is 0.820. The van der Waals surface area contributed by atoms with Gasteiger partial charge >= 0.3 is 0 Å². The molecule has 2 rings (SSSR count). The summed E-state index contributed by atoms with van der Waals surface area (Å²) in [5.74, 6) is 1.07. The molecule has 4 nitrogen and oxygen atoms in total. The first-order valence-corrected chi connectivity index (χ1v) is 5.63. The Balaban J connectivity index is 2.21. The van der Waals surface area contributed by atoms with Crippen molar-refractivity contribution >= 4 is 27.7 Å². The molecule has 1 aromatic rings. The van der Waals surface area contributed by atoms with Crippen LogP contribution in [-0.4, -0.2) is 24.0 Å². The van der Waals surface area contributed by atoms with Gasteiger partial charge in [0, 0.05) is 13.0 Å². The van der Waals surface area contributed by atoms with Crippen molar-refractivity contribution in [2.24, 2.45) is 11.7 Å². The van der Waals surface area contributed by atoms with Gasteiger partial charge in [0.25, 0.3) is 0 Å². The maximum absolute atomic E-state index is 11.7. The van der Waals surface area contributed by atoms with Crippen molar-refractivity contribution in [3.8, 4) is 0 Å². The van der Waals surface area contributed by atoms with Crippen LogP contribution >= 0.6 is 15.9 Å². The molecule has 2 N–H and O–H groups in total. The Morgan fingerprint density at radius 3 is 3.00 bits per heavy atom. The van der Waals surface area contributed by atoms with E-state index >= 15 is 0 Å². The summed E-state index contributed by atoms with van der Waals surface area (Å²) in [5.41, 5.74) is 5.56. The smallest absolute Gasteiger partial charge is 0.228 e. The lowest BCUT2D eigenvalue weighted by molar-refractivity contribution is -0.117. The fraction of sp³-hybridized carbons (Fsp3) is 0.400. The Kier molecular flexibility index (Phi) is 3.02. The van der Waals surface area contributed by atoms with Crippen LogP contribution in [0.25, 0.3) is 0 Å². The van der Waals surface area contributed by atoms with Crippen molar-refractivity contribution < 1.29 is 4.79 Å².